The number of allylic oxidation sites excluding steroid dienone is 2. The average Bonchev–Trinajstić information content (AvgIpc) is 2.80. The molecule has 4 rings (SSSR count). The first kappa shape index (κ1) is 23.5. The number of halogens is 2. The first-order chi connectivity index (χ1) is 15.6. The molecule has 0 nitrogen and oxygen atoms in total. The third-order valence-corrected chi connectivity index (χ3v) is 8.35. The molecular formula is C30H40F2. The molecule has 0 radical (unpaired) electrons. The Kier molecular flexibility index (Phi) is 8.02. The molecule has 0 saturated heterocycles. The molecule has 0 amide bonds. The lowest BCUT2D eigenvalue weighted by Gasteiger charge is -2.42. The largest absolute Gasteiger partial charge is 0.207 e. The van der Waals surface area contributed by atoms with Crippen LogP contribution in [0.1, 0.15) is 102 Å². The van der Waals surface area contributed by atoms with E-state index in [2.05, 4.69) is 19.1 Å². The maximum atomic E-state index is 15.0. The van der Waals surface area contributed by atoms with Gasteiger partial charge in [0, 0.05) is 10.9 Å². The number of benzene rings is 2. The van der Waals surface area contributed by atoms with E-state index in [1.54, 1.807) is 6.07 Å². The van der Waals surface area contributed by atoms with Gasteiger partial charge in [0.2, 0.25) is 0 Å². The van der Waals surface area contributed by atoms with E-state index < -0.39 is 5.82 Å². The lowest BCUT2D eigenvalue weighted by molar-refractivity contribution is 0.113. The van der Waals surface area contributed by atoms with Crippen LogP contribution in [0, 0.1) is 29.4 Å². The summed E-state index contributed by atoms with van der Waals surface area (Å²) in [6, 6.07) is 7.63. The molecule has 0 aliphatic heterocycles. The van der Waals surface area contributed by atoms with Gasteiger partial charge in [0.15, 0.2) is 0 Å². The summed E-state index contributed by atoms with van der Waals surface area (Å²) in [6.45, 7) is 4.22. The topological polar surface area (TPSA) is 0 Å². The first-order valence-corrected chi connectivity index (χ1v) is 13.1. The van der Waals surface area contributed by atoms with Crippen LogP contribution in [0.2, 0.25) is 0 Å². The third-order valence-electron chi connectivity index (χ3n) is 8.35. The molecule has 0 heterocycles. The zero-order valence-corrected chi connectivity index (χ0v) is 20.0. The van der Waals surface area contributed by atoms with E-state index in [-0.39, 0.29) is 11.4 Å². The first-order valence-electron chi connectivity index (χ1n) is 13.1. The van der Waals surface area contributed by atoms with Crippen molar-refractivity contribution < 1.29 is 8.78 Å². The predicted octanol–water partition coefficient (Wildman–Crippen LogP) is 9.51. The fourth-order valence-corrected chi connectivity index (χ4v) is 6.50. The summed E-state index contributed by atoms with van der Waals surface area (Å²) in [4.78, 5) is 0. The SMILES string of the molecule is C/C=C/CCc1c(F)cc2cc(C3CCC4CC(CCCCC)CCC4C3)ccc2c1F. The fourth-order valence-electron chi connectivity index (χ4n) is 6.50. The minimum atomic E-state index is -0.401. The molecule has 0 spiro atoms. The highest BCUT2D eigenvalue weighted by Gasteiger charge is 2.35. The maximum Gasteiger partial charge on any atom is 0.137 e. The van der Waals surface area contributed by atoms with Crippen molar-refractivity contribution in [3.05, 3.63) is 59.2 Å². The number of unbranched alkanes of at least 4 members (excludes halogenated alkanes) is 2. The Morgan fingerprint density at radius 3 is 2.59 bits per heavy atom. The molecule has 4 unspecified atom stereocenters. The number of hydrogen-bond donors (Lipinski definition) is 0. The monoisotopic (exact) mass is 438 g/mol. The van der Waals surface area contributed by atoms with Crippen LogP contribution in [-0.2, 0) is 6.42 Å². The molecule has 0 bridgehead atoms. The normalized spacial score (nSPS) is 26.0. The minimum Gasteiger partial charge on any atom is -0.207 e. The Balaban J connectivity index is 1.44. The molecule has 2 aliphatic carbocycles. The Bertz CT molecular complexity index is 928. The van der Waals surface area contributed by atoms with Gasteiger partial charge in [0.25, 0.3) is 0 Å². The molecule has 4 atom stereocenters. The van der Waals surface area contributed by atoms with Crippen LogP contribution in [0.3, 0.4) is 0 Å². The van der Waals surface area contributed by atoms with Gasteiger partial charge in [-0.25, -0.2) is 8.78 Å². The van der Waals surface area contributed by atoms with E-state index >= 15 is 4.39 Å². The maximum absolute atomic E-state index is 15.0. The van der Waals surface area contributed by atoms with Gasteiger partial charge in [-0.2, -0.15) is 0 Å². The zero-order chi connectivity index (χ0) is 22.5. The Hall–Kier alpha value is -1.70. The van der Waals surface area contributed by atoms with Crippen LogP contribution in [0.4, 0.5) is 8.78 Å². The third kappa shape index (κ3) is 5.26. The van der Waals surface area contributed by atoms with Crippen LogP contribution in [0.15, 0.2) is 36.4 Å². The number of hydrogen-bond acceptors (Lipinski definition) is 0. The highest BCUT2D eigenvalue weighted by atomic mass is 19.1. The zero-order valence-electron chi connectivity index (χ0n) is 20.0. The van der Waals surface area contributed by atoms with E-state index in [9.17, 15) is 4.39 Å². The predicted molar refractivity (Wildman–Crippen MR) is 132 cm³/mol. The molecule has 2 heteroatoms. The van der Waals surface area contributed by atoms with Gasteiger partial charge in [-0.15, -0.1) is 0 Å². The van der Waals surface area contributed by atoms with Crippen LogP contribution in [0.5, 0.6) is 0 Å². The minimum absolute atomic E-state index is 0.222. The van der Waals surface area contributed by atoms with Gasteiger partial charge < -0.3 is 0 Å². The van der Waals surface area contributed by atoms with Crippen LogP contribution < -0.4 is 0 Å². The van der Waals surface area contributed by atoms with Crippen molar-refractivity contribution in [1.29, 1.82) is 0 Å². The Morgan fingerprint density at radius 1 is 0.969 bits per heavy atom. The van der Waals surface area contributed by atoms with Crippen molar-refractivity contribution in [3.8, 4) is 0 Å². The Morgan fingerprint density at radius 2 is 1.78 bits per heavy atom. The molecule has 2 saturated carbocycles. The summed E-state index contributed by atoms with van der Waals surface area (Å²) >= 11 is 0. The Labute approximate surface area is 193 Å². The standard InChI is InChI=1S/C30H40F2/c1-3-5-7-9-21-11-12-23-18-24(14-13-22(23)17-21)25-15-16-27-26(19-25)20-29(31)28(30(27)32)10-8-6-4-2/h4,6,15-16,19-24H,3,5,7-14,17-18H2,1-2H3/b6-4+. The van der Waals surface area contributed by atoms with Crippen LogP contribution >= 0.6 is 0 Å². The quantitative estimate of drug-likeness (QED) is 0.284. The van der Waals surface area contributed by atoms with E-state index in [4.69, 9.17) is 0 Å². The summed E-state index contributed by atoms with van der Waals surface area (Å²) in [5.74, 6) is 2.46. The second kappa shape index (κ2) is 10.9. The van der Waals surface area contributed by atoms with E-state index in [0.29, 0.717) is 29.5 Å². The number of rotatable bonds is 8. The molecule has 0 aromatic heterocycles. The average molecular weight is 439 g/mol. The molecule has 174 valence electrons. The van der Waals surface area contributed by atoms with Crippen molar-refractivity contribution >= 4 is 10.8 Å². The molecule has 2 aromatic carbocycles. The second-order valence-electron chi connectivity index (χ2n) is 10.4. The smallest absolute Gasteiger partial charge is 0.137 e. The van der Waals surface area contributed by atoms with E-state index in [0.717, 1.165) is 17.8 Å². The summed E-state index contributed by atoms with van der Waals surface area (Å²) < 4.78 is 29.7. The summed E-state index contributed by atoms with van der Waals surface area (Å²) in [6.07, 6.45) is 18.5. The molecular weight excluding hydrogens is 398 g/mol. The van der Waals surface area contributed by atoms with Crippen molar-refractivity contribution in [2.75, 3.05) is 0 Å². The van der Waals surface area contributed by atoms with Crippen molar-refractivity contribution in [1.82, 2.24) is 0 Å². The fraction of sp³-hybridized carbons (Fsp3) is 0.600. The van der Waals surface area contributed by atoms with Crippen LogP contribution in [-0.4, -0.2) is 0 Å². The molecule has 0 N–H and O–H groups in total. The van der Waals surface area contributed by atoms with Crippen molar-refractivity contribution in [2.45, 2.75) is 96.8 Å². The van der Waals surface area contributed by atoms with Gasteiger partial charge in [-0.3, -0.25) is 0 Å². The van der Waals surface area contributed by atoms with Crippen molar-refractivity contribution in [2.24, 2.45) is 17.8 Å². The summed E-state index contributed by atoms with van der Waals surface area (Å²) in [5, 5.41) is 1.28. The van der Waals surface area contributed by atoms with Gasteiger partial charge in [0.05, 0.1) is 0 Å². The highest BCUT2D eigenvalue weighted by Crippen LogP contribution is 2.48. The van der Waals surface area contributed by atoms with E-state index in [1.165, 1.54) is 69.8 Å². The highest BCUT2D eigenvalue weighted by molar-refractivity contribution is 5.85. The van der Waals surface area contributed by atoms with Gasteiger partial charge in [0.1, 0.15) is 11.6 Å². The molecule has 2 fully saturated rings. The van der Waals surface area contributed by atoms with Crippen LogP contribution in [0.25, 0.3) is 10.8 Å². The number of fused-ring (bicyclic) bond motifs is 2. The summed E-state index contributed by atoms with van der Waals surface area (Å²) in [7, 11) is 0. The molecule has 2 aromatic rings. The summed E-state index contributed by atoms with van der Waals surface area (Å²) in [5.41, 5.74) is 1.50. The molecule has 2 aliphatic rings. The van der Waals surface area contributed by atoms with E-state index in [1.807, 2.05) is 25.1 Å². The lowest BCUT2D eigenvalue weighted by atomic mass is 9.63. The lowest BCUT2D eigenvalue weighted by Crippen LogP contribution is -2.30. The molecule has 32 heavy (non-hydrogen) atoms. The van der Waals surface area contributed by atoms with Gasteiger partial charge >= 0.3 is 0 Å². The van der Waals surface area contributed by atoms with Crippen molar-refractivity contribution in [3.63, 3.8) is 0 Å². The second-order valence-corrected chi connectivity index (χ2v) is 10.4. The van der Waals surface area contributed by atoms with Gasteiger partial charge in [-0.1, -0.05) is 69.4 Å². The van der Waals surface area contributed by atoms with Gasteiger partial charge in [-0.05, 0) is 92.6 Å².